The second-order valence-corrected chi connectivity index (χ2v) is 4.93. The van der Waals surface area contributed by atoms with Gasteiger partial charge in [0.25, 0.3) is 0 Å². The number of rotatable bonds is 5. The Morgan fingerprint density at radius 1 is 1.12 bits per heavy atom. The molecule has 0 heterocycles. The molecule has 0 atom stereocenters. The van der Waals surface area contributed by atoms with Crippen molar-refractivity contribution in [1.82, 2.24) is 0 Å². The van der Waals surface area contributed by atoms with E-state index in [0.717, 1.165) is 25.2 Å². The Bertz CT molecular complexity index is 340. The Hall–Kier alpha value is -0.980. The van der Waals surface area contributed by atoms with Crippen LogP contribution in [0.15, 0.2) is 12.1 Å². The SMILES string of the molecule is CCc1cc(C)c(OCCC(C)C)cc1C. The molecule has 1 heteroatoms. The van der Waals surface area contributed by atoms with Crippen LogP contribution >= 0.6 is 0 Å². The molecule has 1 aromatic rings. The van der Waals surface area contributed by atoms with Gasteiger partial charge in [0.2, 0.25) is 0 Å². The highest BCUT2D eigenvalue weighted by Gasteiger charge is 2.04. The van der Waals surface area contributed by atoms with E-state index < -0.39 is 0 Å². The van der Waals surface area contributed by atoms with E-state index in [2.05, 4.69) is 46.8 Å². The summed E-state index contributed by atoms with van der Waals surface area (Å²) in [6.07, 6.45) is 2.22. The van der Waals surface area contributed by atoms with Gasteiger partial charge in [-0.25, -0.2) is 0 Å². The Kier molecular flexibility index (Phi) is 4.85. The monoisotopic (exact) mass is 220 g/mol. The molecule has 0 aromatic heterocycles. The van der Waals surface area contributed by atoms with Crippen molar-refractivity contribution in [3.8, 4) is 5.75 Å². The summed E-state index contributed by atoms with van der Waals surface area (Å²) in [5.41, 5.74) is 4.02. The Morgan fingerprint density at radius 2 is 1.81 bits per heavy atom. The van der Waals surface area contributed by atoms with Crippen LogP contribution in [0.3, 0.4) is 0 Å². The lowest BCUT2D eigenvalue weighted by molar-refractivity contribution is 0.287. The summed E-state index contributed by atoms with van der Waals surface area (Å²) in [4.78, 5) is 0. The van der Waals surface area contributed by atoms with E-state index in [1.807, 2.05) is 0 Å². The van der Waals surface area contributed by atoms with Crippen molar-refractivity contribution < 1.29 is 4.74 Å². The molecule has 1 rings (SSSR count). The normalized spacial score (nSPS) is 10.9. The van der Waals surface area contributed by atoms with Crippen molar-refractivity contribution in [1.29, 1.82) is 0 Å². The van der Waals surface area contributed by atoms with Gasteiger partial charge in [-0.1, -0.05) is 26.8 Å². The van der Waals surface area contributed by atoms with Crippen LogP contribution in [0.5, 0.6) is 5.75 Å². The molecule has 0 N–H and O–H groups in total. The molecule has 0 spiro atoms. The molecule has 0 amide bonds. The molecule has 1 nitrogen and oxygen atoms in total. The number of aryl methyl sites for hydroxylation is 3. The van der Waals surface area contributed by atoms with E-state index in [4.69, 9.17) is 4.74 Å². The third-order valence-electron chi connectivity index (χ3n) is 2.97. The van der Waals surface area contributed by atoms with Gasteiger partial charge in [-0.05, 0) is 55.4 Å². The van der Waals surface area contributed by atoms with E-state index in [-0.39, 0.29) is 0 Å². The minimum atomic E-state index is 0.705. The predicted molar refractivity (Wildman–Crippen MR) is 70.2 cm³/mol. The number of benzene rings is 1. The minimum absolute atomic E-state index is 0.705. The van der Waals surface area contributed by atoms with Crippen molar-refractivity contribution in [2.24, 2.45) is 5.92 Å². The number of hydrogen-bond acceptors (Lipinski definition) is 1. The quantitative estimate of drug-likeness (QED) is 0.719. The molecule has 0 aliphatic heterocycles. The zero-order valence-corrected chi connectivity index (χ0v) is 11.3. The van der Waals surface area contributed by atoms with Crippen LogP contribution in [0.2, 0.25) is 0 Å². The molecule has 90 valence electrons. The van der Waals surface area contributed by atoms with Gasteiger partial charge in [0.1, 0.15) is 5.75 Å². The molecule has 0 radical (unpaired) electrons. The first-order chi connectivity index (χ1) is 7.54. The fourth-order valence-corrected chi connectivity index (χ4v) is 1.79. The molecule has 0 aliphatic carbocycles. The molecule has 0 unspecified atom stereocenters. The van der Waals surface area contributed by atoms with Gasteiger partial charge in [0.05, 0.1) is 6.61 Å². The van der Waals surface area contributed by atoms with E-state index in [1.54, 1.807) is 0 Å². The van der Waals surface area contributed by atoms with E-state index in [0.29, 0.717) is 5.92 Å². The maximum atomic E-state index is 5.83. The zero-order chi connectivity index (χ0) is 12.1. The Morgan fingerprint density at radius 3 is 2.38 bits per heavy atom. The second kappa shape index (κ2) is 5.93. The molecule has 0 saturated carbocycles. The topological polar surface area (TPSA) is 9.23 Å². The average molecular weight is 220 g/mol. The highest BCUT2D eigenvalue weighted by molar-refractivity contribution is 5.41. The summed E-state index contributed by atoms with van der Waals surface area (Å²) >= 11 is 0. The predicted octanol–water partition coefficient (Wildman–Crippen LogP) is 4.29. The van der Waals surface area contributed by atoms with Crippen LogP contribution in [-0.2, 0) is 6.42 Å². The van der Waals surface area contributed by atoms with Crippen LogP contribution in [-0.4, -0.2) is 6.61 Å². The molecular formula is C15H24O. The maximum Gasteiger partial charge on any atom is 0.122 e. The lowest BCUT2D eigenvalue weighted by atomic mass is 10.0. The van der Waals surface area contributed by atoms with Crippen molar-refractivity contribution in [3.63, 3.8) is 0 Å². The summed E-state index contributed by atoms with van der Waals surface area (Å²) in [5, 5.41) is 0. The zero-order valence-electron chi connectivity index (χ0n) is 11.3. The van der Waals surface area contributed by atoms with Crippen molar-refractivity contribution in [2.75, 3.05) is 6.61 Å². The highest BCUT2D eigenvalue weighted by Crippen LogP contribution is 2.23. The van der Waals surface area contributed by atoms with Gasteiger partial charge in [0, 0.05) is 0 Å². The van der Waals surface area contributed by atoms with Gasteiger partial charge in [-0.3, -0.25) is 0 Å². The van der Waals surface area contributed by atoms with Crippen LogP contribution < -0.4 is 4.74 Å². The van der Waals surface area contributed by atoms with E-state index in [9.17, 15) is 0 Å². The van der Waals surface area contributed by atoms with Gasteiger partial charge in [-0.2, -0.15) is 0 Å². The van der Waals surface area contributed by atoms with Gasteiger partial charge >= 0.3 is 0 Å². The third kappa shape index (κ3) is 3.55. The lowest BCUT2D eigenvalue weighted by Gasteiger charge is -2.13. The summed E-state index contributed by atoms with van der Waals surface area (Å²) in [6.45, 7) is 11.8. The van der Waals surface area contributed by atoms with Gasteiger partial charge in [-0.15, -0.1) is 0 Å². The van der Waals surface area contributed by atoms with E-state index >= 15 is 0 Å². The first-order valence-corrected chi connectivity index (χ1v) is 6.27. The Labute approximate surface area is 99.8 Å². The third-order valence-corrected chi connectivity index (χ3v) is 2.97. The standard InChI is InChI=1S/C15H24O/c1-6-14-9-13(5)15(10-12(14)4)16-8-7-11(2)3/h9-11H,6-8H2,1-5H3. The summed E-state index contributed by atoms with van der Waals surface area (Å²) in [7, 11) is 0. The van der Waals surface area contributed by atoms with Crippen molar-refractivity contribution >= 4 is 0 Å². The molecule has 0 aliphatic rings. The van der Waals surface area contributed by atoms with Crippen molar-refractivity contribution in [2.45, 2.75) is 47.5 Å². The Balaban J connectivity index is 2.70. The van der Waals surface area contributed by atoms with E-state index in [1.165, 1.54) is 16.7 Å². The summed E-state index contributed by atoms with van der Waals surface area (Å²) in [6, 6.07) is 4.43. The van der Waals surface area contributed by atoms with Crippen LogP contribution in [0.1, 0.15) is 43.9 Å². The average Bonchev–Trinajstić information content (AvgIpc) is 2.22. The number of hydrogen-bond donors (Lipinski definition) is 0. The lowest BCUT2D eigenvalue weighted by Crippen LogP contribution is -2.03. The van der Waals surface area contributed by atoms with Gasteiger partial charge in [0.15, 0.2) is 0 Å². The highest BCUT2D eigenvalue weighted by atomic mass is 16.5. The number of ether oxygens (including phenoxy) is 1. The molecule has 0 saturated heterocycles. The fourth-order valence-electron chi connectivity index (χ4n) is 1.79. The smallest absolute Gasteiger partial charge is 0.122 e. The summed E-state index contributed by atoms with van der Waals surface area (Å²) in [5.74, 6) is 1.76. The van der Waals surface area contributed by atoms with Gasteiger partial charge < -0.3 is 4.74 Å². The molecular weight excluding hydrogens is 196 g/mol. The maximum absolute atomic E-state index is 5.83. The first-order valence-electron chi connectivity index (χ1n) is 6.27. The second-order valence-electron chi connectivity index (χ2n) is 4.93. The van der Waals surface area contributed by atoms with Crippen LogP contribution in [0, 0.1) is 19.8 Å². The fraction of sp³-hybridized carbons (Fsp3) is 0.600. The molecule has 1 aromatic carbocycles. The minimum Gasteiger partial charge on any atom is -0.493 e. The van der Waals surface area contributed by atoms with Crippen LogP contribution in [0.25, 0.3) is 0 Å². The van der Waals surface area contributed by atoms with Crippen LogP contribution in [0.4, 0.5) is 0 Å². The molecule has 0 bridgehead atoms. The summed E-state index contributed by atoms with van der Waals surface area (Å²) < 4.78 is 5.83. The first kappa shape index (κ1) is 13.1. The molecule has 0 fully saturated rings. The molecule has 16 heavy (non-hydrogen) atoms. The van der Waals surface area contributed by atoms with Crippen molar-refractivity contribution in [3.05, 3.63) is 28.8 Å². The largest absolute Gasteiger partial charge is 0.493 e.